The van der Waals surface area contributed by atoms with E-state index in [0.717, 1.165) is 25.9 Å². The maximum absolute atomic E-state index is 11.8. The van der Waals surface area contributed by atoms with Gasteiger partial charge in [0.15, 0.2) is 12.4 Å². The standard InChI is InChI=1S/C12H13BrN2O4/c13-9-3-4-11(10(7-9)15(17)18)19-8-12(16)14-5-1-2-6-14/h3-4,7H,1-2,5-6,8H2. The fraction of sp³-hybridized carbons (Fsp3) is 0.417. The molecule has 1 fully saturated rings. The van der Waals surface area contributed by atoms with Crippen LogP contribution in [0.25, 0.3) is 0 Å². The van der Waals surface area contributed by atoms with Gasteiger partial charge in [-0.25, -0.2) is 0 Å². The van der Waals surface area contributed by atoms with E-state index in [0.29, 0.717) is 4.47 Å². The number of rotatable bonds is 4. The Morgan fingerprint density at radius 1 is 1.42 bits per heavy atom. The van der Waals surface area contributed by atoms with E-state index in [1.54, 1.807) is 11.0 Å². The van der Waals surface area contributed by atoms with Gasteiger partial charge in [0.05, 0.1) is 4.92 Å². The maximum Gasteiger partial charge on any atom is 0.312 e. The minimum absolute atomic E-state index is 0.112. The van der Waals surface area contributed by atoms with Crippen molar-refractivity contribution in [3.8, 4) is 5.75 Å². The van der Waals surface area contributed by atoms with Crippen LogP contribution in [0, 0.1) is 10.1 Å². The summed E-state index contributed by atoms with van der Waals surface area (Å²) in [5.41, 5.74) is -0.149. The van der Waals surface area contributed by atoms with Crippen LogP contribution in [-0.4, -0.2) is 35.4 Å². The number of likely N-dealkylation sites (tertiary alicyclic amines) is 1. The molecule has 0 radical (unpaired) electrons. The number of benzene rings is 1. The fourth-order valence-electron chi connectivity index (χ4n) is 1.95. The van der Waals surface area contributed by atoms with Crippen LogP contribution in [-0.2, 0) is 4.79 Å². The Labute approximate surface area is 118 Å². The van der Waals surface area contributed by atoms with Crippen molar-refractivity contribution >= 4 is 27.5 Å². The molecule has 0 atom stereocenters. The average Bonchev–Trinajstić information content (AvgIpc) is 2.90. The van der Waals surface area contributed by atoms with Crippen LogP contribution in [0.4, 0.5) is 5.69 Å². The number of amides is 1. The van der Waals surface area contributed by atoms with Crippen LogP contribution in [0.5, 0.6) is 5.75 Å². The Bertz CT molecular complexity index is 501. The molecule has 1 saturated heterocycles. The molecule has 0 aliphatic carbocycles. The average molecular weight is 329 g/mol. The highest BCUT2D eigenvalue weighted by atomic mass is 79.9. The summed E-state index contributed by atoms with van der Waals surface area (Å²) in [6.07, 6.45) is 2.01. The van der Waals surface area contributed by atoms with Crippen molar-refractivity contribution in [2.45, 2.75) is 12.8 Å². The van der Waals surface area contributed by atoms with Crippen molar-refractivity contribution in [3.63, 3.8) is 0 Å². The van der Waals surface area contributed by atoms with Gasteiger partial charge in [0.25, 0.3) is 5.91 Å². The summed E-state index contributed by atoms with van der Waals surface area (Å²) >= 11 is 3.16. The number of nitrogens with zero attached hydrogens (tertiary/aromatic N) is 2. The van der Waals surface area contributed by atoms with Crippen LogP contribution in [0.15, 0.2) is 22.7 Å². The molecular weight excluding hydrogens is 316 g/mol. The summed E-state index contributed by atoms with van der Waals surface area (Å²) in [7, 11) is 0. The summed E-state index contributed by atoms with van der Waals surface area (Å²) in [6, 6.07) is 4.48. The summed E-state index contributed by atoms with van der Waals surface area (Å²) < 4.78 is 5.87. The highest BCUT2D eigenvalue weighted by molar-refractivity contribution is 9.10. The van der Waals surface area contributed by atoms with Crippen LogP contribution in [0.1, 0.15) is 12.8 Å². The number of nitro benzene ring substituents is 1. The van der Waals surface area contributed by atoms with Gasteiger partial charge < -0.3 is 9.64 Å². The van der Waals surface area contributed by atoms with E-state index < -0.39 is 4.92 Å². The maximum atomic E-state index is 11.8. The first kappa shape index (κ1) is 13.8. The highest BCUT2D eigenvalue weighted by Gasteiger charge is 2.21. The zero-order valence-electron chi connectivity index (χ0n) is 10.2. The van der Waals surface area contributed by atoms with Crippen molar-refractivity contribution in [2.24, 2.45) is 0 Å². The van der Waals surface area contributed by atoms with Gasteiger partial charge in [-0.1, -0.05) is 15.9 Å². The molecule has 6 nitrogen and oxygen atoms in total. The molecule has 1 aliphatic rings. The molecule has 1 heterocycles. The van der Waals surface area contributed by atoms with Crippen LogP contribution in [0.3, 0.4) is 0 Å². The predicted octanol–water partition coefficient (Wildman–Crippen LogP) is 2.36. The van der Waals surface area contributed by atoms with E-state index in [1.807, 2.05) is 0 Å². The third-order valence-electron chi connectivity index (χ3n) is 2.93. The summed E-state index contributed by atoms with van der Waals surface area (Å²) in [5.74, 6) is -0.0181. The molecule has 19 heavy (non-hydrogen) atoms. The summed E-state index contributed by atoms with van der Waals surface area (Å²) in [5, 5.41) is 10.9. The van der Waals surface area contributed by atoms with Crippen molar-refractivity contribution in [1.29, 1.82) is 0 Å². The molecule has 0 bridgehead atoms. The Morgan fingerprint density at radius 2 is 2.11 bits per heavy atom. The predicted molar refractivity (Wildman–Crippen MR) is 72.1 cm³/mol. The summed E-state index contributed by atoms with van der Waals surface area (Å²) in [6.45, 7) is 1.32. The molecule has 0 saturated carbocycles. The van der Waals surface area contributed by atoms with E-state index in [1.165, 1.54) is 12.1 Å². The molecule has 1 aromatic rings. The number of carbonyl (C=O) groups excluding carboxylic acids is 1. The van der Waals surface area contributed by atoms with Gasteiger partial charge in [0.2, 0.25) is 0 Å². The van der Waals surface area contributed by atoms with Crippen LogP contribution >= 0.6 is 15.9 Å². The highest BCUT2D eigenvalue weighted by Crippen LogP contribution is 2.30. The largest absolute Gasteiger partial charge is 0.477 e. The molecule has 7 heteroatoms. The normalized spacial score (nSPS) is 14.5. The van der Waals surface area contributed by atoms with Crippen molar-refractivity contribution in [1.82, 2.24) is 4.90 Å². The molecule has 0 spiro atoms. The third-order valence-corrected chi connectivity index (χ3v) is 3.42. The number of hydrogen-bond donors (Lipinski definition) is 0. The molecule has 1 aromatic carbocycles. The third kappa shape index (κ3) is 3.44. The van der Waals surface area contributed by atoms with Crippen molar-refractivity contribution in [3.05, 3.63) is 32.8 Å². The lowest BCUT2D eigenvalue weighted by molar-refractivity contribution is -0.385. The Hall–Kier alpha value is -1.63. The van der Waals surface area contributed by atoms with Crippen LogP contribution in [0.2, 0.25) is 0 Å². The second kappa shape index (κ2) is 6.01. The first-order chi connectivity index (χ1) is 9.08. The Kier molecular flexibility index (Phi) is 4.36. The van der Waals surface area contributed by atoms with Gasteiger partial charge in [0, 0.05) is 23.6 Å². The summed E-state index contributed by atoms with van der Waals surface area (Å²) in [4.78, 5) is 23.9. The van der Waals surface area contributed by atoms with Gasteiger partial charge in [-0.15, -0.1) is 0 Å². The van der Waals surface area contributed by atoms with E-state index in [4.69, 9.17) is 4.74 Å². The second-order valence-corrected chi connectivity index (χ2v) is 5.16. The van der Waals surface area contributed by atoms with Crippen LogP contribution < -0.4 is 4.74 Å². The Balaban J connectivity index is 2.02. The lowest BCUT2D eigenvalue weighted by atomic mass is 10.3. The number of ether oxygens (including phenoxy) is 1. The van der Waals surface area contributed by atoms with E-state index in [-0.39, 0.29) is 24.0 Å². The second-order valence-electron chi connectivity index (χ2n) is 4.25. The lowest BCUT2D eigenvalue weighted by Gasteiger charge is -2.15. The Morgan fingerprint density at radius 3 is 2.74 bits per heavy atom. The molecule has 102 valence electrons. The van der Waals surface area contributed by atoms with E-state index in [9.17, 15) is 14.9 Å². The quantitative estimate of drug-likeness (QED) is 0.628. The minimum Gasteiger partial charge on any atom is -0.477 e. The van der Waals surface area contributed by atoms with Gasteiger partial charge in [0.1, 0.15) is 0 Å². The minimum atomic E-state index is -0.527. The monoisotopic (exact) mass is 328 g/mol. The van der Waals surface area contributed by atoms with E-state index in [2.05, 4.69) is 15.9 Å². The molecule has 1 amide bonds. The molecule has 0 unspecified atom stereocenters. The first-order valence-electron chi connectivity index (χ1n) is 5.92. The number of carbonyl (C=O) groups is 1. The smallest absolute Gasteiger partial charge is 0.312 e. The molecule has 0 N–H and O–H groups in total. The molecule has 2 rings (SSSR count). The first-order valence-corrected chi connectivity index (χ1v) is 6.72. The van der Waals surface area contributed by atoms with Crippen molar-refractivity contribution < 1.29 is 14.5 Å². The zero-order valence-corrected chi connectivity index (χ0v) is 11.8. The van der Waals surface area contributed by atoms with Gasteiger partial charge >= 0.3 is 5.69 Å². The topological polar surface area (TPSA) is 72.7 Å². The van der Waals surface area contributed by atoms with Gasteiger partial charge in [-0.3, -0.25) is 14.9 Å². The van der Waals surface area contributed by atoms with E-state index >= 15 is 0 Å². The van der Waals surface area contributed by atoms with Crippen molar-refractivity contribution in [2.75, 3.05) is 19.7 Å². The fourth-order valence-corrected chi connectivity index (χ4v) is 2.30. The van der Waals surface area contributed by atoms with Gasteiger partial charge in [-0.2, -0.15) is 0 Å². The lowest BCUT2D eigenvalue weighted by Crippen LogP contribution is -2.32. The van der Waals surface area contributed by atoms with Gasteiger partial charge in [-0.05, 0) is 25.0 Å². The number of halogens is 1. The number of nitro groups is 1. The molecule has 0 aromatic heterocycles. The molecule has 1 aliphatic heterocycles. The zero-order chi connectivity index (χ0) is 13.8. The molecular formula is C12H13BrN2O4. The SMILES string of the molecule is O=C(COc1ccc(Br)cc1[N+](=O)[O-])N1CCCC1. The number of hydrogen-bond acceptors (Lipinski definition) is 4.